The highest BCUT2D eigenvalue weighted by Gasteiger charge is 2.02. The summed E-state index contributed by atoms with van der Waals surface area (Å²) in [6.45, 7) is 4.53. The molecule has 0 aromatic carbocycles. The van der Waals surface area contributed by atoms with Crippen molar-refractivity contribution < 1.29 is 9.53 Å². The summed E-state index contributed by atoms with van der Waals surface area (Å²) in [6.07, 6.45) is 4.77. The first-order valence-electron chi connectivity index (χ1n) is 6.31. The van der Waals surface area contributed by atoms with E-state index >= 15 is 0 Å². The highest BCUT2D eigenvalue weighted by atomic mass is 16.5. The van der Waals surface area contributed by atoms with Gasteiger partial charge >= 0.3 is 0 Å². The second-order valence-corrected chi connectivity index (χ2v) is 4.04. The molecule has 18 heavy (non-hydrogen) atoms. The summed E-state index contributed by atoms with van der Waals surface area (Å²) >= 11 is 0. The summed E-state index contributed by atoms with van der Waals surface area (Å²) in [5.41, 5.74) is 6.29. The highest BCUT2D eigenvalue weighted by molar-refractivity contribution is 5.91. The molecular weight excluding hydrogens is 230 g/mol. The van der Waals surface area contributed by atoms with Gasteiger partial charge in [0.05, 0.1) is 0 Å². The second-order valence-electron chi connectivity index (χ2n) is 4.04. The molecule has 1 heterocycles. The lowest BCUT2D eigenvalue weighted by molar-refractivity contribution is 0.0995. The first-order valence-corrected chi connectivity index (χ1v) is 6.31. The Balaban J connectivity index is 2.19. The van der Waals surface area contributed by atoms with Gasteiger partial charge in [-0.25, -0.2) is 0 Å². The molecule has 0 unspecified atom stereocenters. The maximum atomic E-state index is 10.9. The first kappa shape index (κ1) is 14.4. The van der Waals surface area contributed by atoms with Gasteiger partial charge in [0.15, 0.2) is 0 Å². The third-order valence-electron chi connectivity index (χ3n) is 2.45. The number of anilines is 1. The van der Waals surface area contributed by atoms with Gasteiger partial charge < -0.3 is 15.8 Å². The summed E-state index contributed by atoms with van der Waals surface area (Å²) in [7, 11) is 0. The quantitative estimate of drug-likeness (QED) is 0.656. The van der Waals surface area contributed by atoms with Gasteiger partial charge in [-0.15, -0.1) is 0 Å². The van der Waals surface area contributed by atoms with Crippen LogP contribution in [0.2, 0.25) is 0 Å². The van der Waals surface area contributed by atoms with Crippen molar-refractivity contribution in [1.29, 1.82) is 0 Å². The molecule has 0 aliphatic rings. The van der Waals surface area contributed by atoms with E-state index in [0.29, 0.717) is 0 Å². The Morgan fingerprint density at radius 1 is 1.44 bits per heavy atom. The molecule has 0 atom stereocenters. The molecule has 0 radical (unpaired) electrons. The predicted molar refractivity (Wildman–Crippen MR) is 71.6 cm³/mol. The van der Waals surface area contributed by atoms with E-state index in [1.54, 1.807) is 12.3 Å². The van der Waals surface area contributed by atoms with Crippen LogP contribution in [0.4, 0.5) is 5.69 Å². The summed E-state index contributed by atoms with van der Waals surface area (Å²) in [5.74, 6) is -0.512. The van der Waals surface area contributed by atoms with Crippen LogP contribution in [0, 0.1) is 0 Å². The van der Waals surface area contributed by atoms with Crippen LogP contribution in [0.25, 0.3) is 0 Å². The van der Waals surface area contributed by atoms with Gasteiger partial charge in [0.2, 0.25) is 0 Å². The number of amides is 1. The van der Waals surface area contributed by atoms with E-state index < -0.39 is 5.91 Å². The van der Waals surface area contributed by atoms with Crippen molar-refractivity contribution in [1.82, 2.24) is 4.98 Å². The van der Waals surface area contributed by atoms with Crippen molar-refractivity contribution in [2.75, 3.05) is 25.1 Å². The van der Waals surface area contributed by atoms with E-state index in [-0.39, 0.29) is 5.69 Å². The lowest BCUT2D eigenvalue weighted by atomic mass is 10.3. The lowest BCUT2D eigenvalue weighted by Gasteiger charge is -2.07. The number of hydrogen-bond acceptors (Lipinski definition) is 4. The van der Waals surface area contributed by atoms with E-state index in [4.69, 9.17) is 10.5 Å². The molecule has 0 saturated heterocycles. The summed E-state index contributed by atoms with van der Waals surface area (Å²) in [5, 5.41) is 3.20. The Hall–Kier alpha value is -1.62. The smallest absolute Gasteiger partial charge is 0.267 e. The third kappa shape index (κ3) is 5.63. The fraction of sp³-hybridized carbons (Fsp3) is 0.538. The molecule has 0 bridgehead atoms. The van der Waals surface area contributed by atoms with E-state index in [1.807, 2.05) is 6.07 Å². The van der Waals surface area contributed by atoms with Crippen molar-refractivity contribution in [2.45, 2.75) is 26.2 Å². The minimum atomic E-state index is -0.512. The molecule has 5 nitrogen and oxygen atoms in total. The molecule has 1 rings (SSSR count). The zero-order valence-electron chi connectivity index (χ0n) is 10.8. The average molecular weight is 251 g/mol. The minimum Gasteiger partial charge on any atom is -0.385 e. The Morgan fingerprint density at radius 3 is 2.94 bits per heavy atom. The molecule has 5 heteroatoms. The largest absolute Gasteiger partial charge is 0.385 e. The third-order valence-corrected chi connectivity index (χ3v) is 2.45. The second kappa shape index (κ2) is 8.47. The normalized spacial score (nSPS) is 10.3. The van der Waals surface area contributed by atoms with E-state index in [9.17, 15) is 4.79 Å². The van der Waals surface area contributed by atoms with Gasteiger partial charge in [-0.05, 0) is 25.0 Å². The average Bonchev–Trinajstić information content (AvgIpc) is 2.38. The summed E-state index contributed by atoms with van der Waals surface area (Å²) in [4.78, 5) is 14.8. The van der Waals surface area contributed by atoms with Crippen LogP contribution >= 0.6 is 0 Å². The monoisotopic (exact) mass is 251 g/mol. The fourth-order valence-corrected chi connectivity index (χ4v) is 1.43. The molecular formula is C13H21N3O2. The number of carbonyl (C=O) groups excluding carboxylic acids is 1. The number of carbonyl (C=O) groups is 1. The van der Waals surface area contributed by atoms with Crippen LogP contribution in [0.5, 0.6) is 0 Å². The van der Waals surface area contributed by atoms with Crippen molar-refractivity contribution in [3.63, 3.8) is 0 Å². The molecule has 0 spiro atoms. The van der Waals surface area contributed by atoms with Crippen molar-refractivity contribution in [2.24, 2.45) is 5.73 Å². The number of aromatic nitrogens is 1. The van der Waals surface area contributed by atoms with Crippen LogP contribution in [0.3, 0.4) is 0 Å². The van der Waals surface area contributed by atoms with E-state index in [0.717, 1.165) is 44.7 Å². The molecule has 1 amide bonds. The Kier molecular flexibility index (Phi) is 6.79. The molecule has 1 aromatic heterocycles. The maximum Gasteiger partial charge on any atom is 0.267 e. The number of nitrogens with zero attached hydrogens (tertiary/aromatic N) is 1. The molecule has 100 valence electrons. The number of ether oxygens (including phenoxy) is 1. The molecule has 0 aliphatic carbocycles. The Morgan fingerprint density at radius 2 is 2.22 bits per heavy atom. The molecule has 0 fully saturated rings. The predicted octanol–water partition coefficient (Wildman–Crippen LogP) is 1.80. The van der Waals surface area contributed by atoms with Crippen LogP contribution in [-0.2, 0) is 4.74 Å². The van der Waals surface area contributed by atoms with Gasteiger partial charge in [0.25, 0.3) is 5.91 Å². The SMILES string of the molecule is CCCCOCCCNc1ccnc(C(N)=O)c1. The Labute approximate surface area is 108 Å². The molecule has 0 saturated carbocycles. The number of pyridine rings is 1. The van der Waals surface area contributed by atoms with Crippen LogP contribution < -0.4 is 11.1 Å². The zero-order chi connectivity index (χ0) is 13.2. The van der Waals surface area contributed by atoms with Gasteiger partial charge in [0, 0.05) is 31.6 Å². The summed E-state index contributed by atoms with van der Waals surface area (Å²) in [6, 6.07) is 3.46. The van der Waals surface area contributed by atoms with Crippen LogP contribution in [-0.4, -0.2) is 30.6 Å². The zero-order valence-corrected chi connectivity index (χ0v) is 10.8. The number of primary amides is 1. The highest BCUT2D eigenvalue weighted by Crippen LogP contribution is 2.07. The van der Waals surface area contributed by atoms with Crippen molar-refractivity contribution in [3.05, 3.63) is 24.0 Å². The summed E-state index contributed by atoms with van der Waals surface area (Å²) < 4.78 is 5.45. The van der Waals surface area contributed by atoms with Crippen molar-refractivity contribution in [3.8, 4) is 0 Å². The minimum absolute atomic E-state index is 0.277. The number of nitrogens with one attached hydrogen (secondary N) is 1. The van der Waals surface area contributed by atoms with Crippen LogP contribution in [0.15, 0.2) is 18.3 Å². The standard InChI is InChI=1S/C13H21N3O2/c1-2-3-8-18-9-4-6-15-11-5-7-16-12(10-11)13(14)17/h5,7,10H,2-4,6,8-9H2,1H3,(H2,14,17)(H,15,16). The topological polar surface area (TPSA) is 77.2 Å². The van der Waals surface area contributed by atoms with Gasteiger partial charge in [-0.3, -0.25) is 9.78 Å². The maximum absolute atomic E-state index is 10.9. The molecule has 3 N–H and O–H groups in total. The number of unbranched alkanes of at least 4 members (excludes halogenated alkanes) is 1. The number of hydrogen-bond donors (Lipinski definition) is 2. The van der Waals surface area contributed by atoms with Gasteiger partial charge in [-0.1, -0.05) is 13.3 Å². The molecule has 1 aromatic rings. The van der Waals surface area contributed by atoms with E-state index in [1.165, 1.54) is 0 Å². The van der Waals surface area contributed by atoms with Gasteiger partial charge in [-0.2, -0.15) is 0 Å². The van der Waals surface area contributed by atoms with Crippen LogP contribution in [0.1, 0.15) is 36.7 Å². The van der Waals surface area contributed by atoms with Gasteiger partial charge in [0.1, 0.15) is 5.69 Å². The molecule has 0 aliphatic heterocycles. The fourth-order valence-electron chi connectivity index (χ4n) is 1.43. The Bertz CT molecular complexity index is 369. The number of rotatable bonds is 9. The van der Waals surface area contributed by atoms with E-state index in [2.05, 4.69) is 17.2 Å². The lowest BCUT2D eigenvalue weighted by Crippen LogP contribution is -2.13. The van der Waals surface area contributed by atoms with Crippen molar-refractivity contribution >= 4 is 11.6 Å². The number of nitrogens with two attached hydrogens (primary N) is 1. The first-order chi connectivity index (χ1) is 8.74.